The number of carbonyl (C=O) groups excluding carboxylic acids is 1. The molecule has 0 spiro atoms. The Balaban J connectivity index is 1.29. The third-order valence-corrected chi connectivity index (χ3v) is 9.02. The molecule has 0 bridgehead atoms. The molecular weight excluding hydrogens is 568 g/mol. The average Bonchev–Trinajstić information content (AvgIpc) is 3.41. The Bertz CT molecular complexity index is 1640. The van der Waals surface area contributed by atoms with Gasteiger partial charge < -0.3 is 24.2 Å². The second kappa shape index (κ2) is 13.5. The second-order valence-electron chi connectivity index (χ2n) is 12.5. The minimum atomic E-state index is -0.281. The van der Waals surface area contributed by atoms with Crippen molar-refractivity contribution in [3.63, 3.8) is 0 Å². The molecule has 1 aliphatic carbocycles. The van der Waals surface area contributed by atoms with Gasteiger partial charge in [0.2, 0.25) is 5.95 Å². The van der Waals surface area contributed by atoms with E-state index in [2.05, 4.69) is 66.8 Å². The first kappa shape index (κ1) is 30.9. The van der Waals surface area contributed by atoms with Gasteiger partial charge in [0.05, 0.1) is 35.5 Å². The molecule has 1 saturated carbocycles. The molecule has 1 amide bonds. The van der Waals surface area contributed by atoms with Crippen LogP contribution < -0.4 is 15.0 Å². The quantitative estimate of drug-likeness (QED) is 0.287. The van der Waals surface area contributed by atoms with Crippen LogP contribution in [-0.2, 0) is 0 Å². The van der Waals surface area contributed by atoms with E-state index in [0.717, 1.165) is 81.5 Å². The molecule has 0 radical (unpaired) electrons. The zero-order valence-corrected chi connectivity index (χ0v) is 26.7. The van der Waals surface area contributed by atoms with Crippen LogP contribution in [0.25, 0.3) is 22.3 Å². The summed E-state index contributed by atoms with van der Waals surface area (Å²) in [4.78, 5) is 34.8. The maximum absolute atomic E-state index is 13.8. The summed E-state index contributed by atoms with van der Waals surface area (Å²) in [6, 6.07) is 11.9. The van der Waals surface area contributed by atoms with E-state index in [1.54, 1.807) is 37.7 Å². The molecule has 238 valence electrons. The maximum atomic E-state index is 13.8. The Morgan fingerprint density at radius 1 is 1.04 bits per heavy atom. The van der Waals surface area contributed by atoms with Crippen molar-refractivity contribution in [2.75, 3.05) is 70.7 Å². The number of pyridine rings is 2. The Kier molecular flexibility index (Phi) is 9.29. The first-order chi connectivity index (χ1) is 21.8. The summed E-state index contributed by atoms with van der Waals surface area (Å²) < 4.78 is 7.71. The van der Waals surface area contributed by atoms with E-state index in [1.807, 2.05) is 6.92 Å². The van der Waals surface area contributed by atoms with Gasteiger partial charge in [-0.15, -0.1) is 0 Å². The summed E-state index contributed by atoms with van der Waals surface area (Å²) in [5, 5.41) is 13.4. The summed E-state index contributed by atoms with van der Waals surface area (Å²) in [6.45, 7) is 8.02. The zero-order chi connectivity index (χ0) is 31.5. The molecule has 6 rings (SSSR count). The predicted octanol–water partition coefficient (Wildman–Crippen LogP) is 4.22. The minimum absolute atomic E-state index is 0.126. The van der Waals surface area contributed by atoms with Gasteiger partial charge in [0.1, 0.15) is 5.75 Å². The number of imidazole rings is 1. The minimum Gasteiger partial charge on any atom is -0.496 e. The van der Waals surface area contributed by atoms with Gasteiger partial charge in [-0.05, 0) is 83.1 Å². The highest BCUT2D eigenvalue weighted by atomic mass is 16.5. The smallest absolute Gasteiger partial charge is 0.258 e. The van der Waals surface area contributed by atoms with Crippen molar-refractivity contribution in [2.45, 2.75) is 44.8 Å². The number of aliphatic hydroxyl groups excluding tert-OH is 1. The number of methoxy groups -OCH3 is 1. The molecule has 11 heteroatoms. The Hall–Kier alpha value is -4.06. The number of aromatic nitrogens is 4. The fraction of sp³-hybridized carbons (Fsp3) is 0.471. The van der Waals surface area contributed by atoms with E-state index in [1.165, 1.54) is 5.69 Å². The Morgan fingerprint density at radius 3 is 2.56 bits per heavy atom. The van der Waals surface area contributed by atoms with E-state index in [4.69, 9.17) is 9.72 Å². The van der Waals surface area contributed by atoms with Crippen LogP contribution in [0.15, 0.2) is 48.8 Å². The number of benzene rings is 1. The van der Waals surface area contributed by atoms with Crippen molar-refractivity contribution >= 4 is 28.6 Å². The van der Waals surface area contributed by atoms with Crippen molar-refractivity contribution in [2.24, 2.45) is 0 Å². The van der Waals surface area contributed by atoms with Crippen molar-refractivity contribution in [3.8, 4) is 17.0 Å². The molecule has 0 unspecified atom stereocenters. The van der Waals surface area contributed by atoms with Crippen LogP contribution in [0.4, 0.5) is 11.6 Å². The highest BCUT2D eigenvalue weighted by Gasteiger charge is 2.27. The first-order valence-corrected chi connectivity index (χ1v) is 15.9. The molecule has 1 saturated heterocycles. The molecule has 11 nitrogen and oxygen atoms in total. The van der Waals surface area contributed by atoms with E-state index in [0.29, 0.717) is 28.6 Å². The van der Waals surface area contributed by atoms with E-state index in [-0.39, 0.29) is 18.1 Å². The van der Waals surface area contributed by atoms with Gasteiger partial charge >= 0.3 is 0 Å². The molecule has 4 heterocycles. The van der Waals surface area contributed by atoms with Crippen LogP contribution in [0.5, 0.6) is 5.75 Å². The largest absolute Gasteiger partial charge is 0.496 e. The van der Waals surface area contributed by atoms with Gasteiger partial charge in [0, 0.05) is 74.6 Å². The van der Waals surface area contributed by atoms with Gasteiger partial charge in [0.15, 0.2) is 0 Å². The number of aryl methyl sites for hydroxylation is 1. The summed E-state index contributed by atoms with van der Waals surface area (Å²) in [5.74, 6) is 0.907. The number of ether oxygens (including phenoxy) is 1. The fourth-order valence-electron chi connectivity index (χ4n) is 6.49. The van der Waals surface area contributed by atoms with Gasteiger partial charge in [-0.2, -0.15) is 0 Å². The molecule has 2 fully saturated rings. The topological polar surface area (TPSA) is 112 Å². The third kappa shape index (κ3) is 6.95. The number of carbonyl (C=O) groups is 1. The number of nitrogens with one attached hydrogen (secondary N) is 1. The summed E-state index contributed by atoms with van der Waals surface area (Å²) >= 11 is 0. The van der Waals surface area contributed by atoms with E-state index < -0.39 is 0 Å². The molecule has 3 aromatic heterocycles. The van der Waals surface area contributed by atoms with Crippen LogP contribution in [-0.4, -0.2) is 107 Å². The lowest BCUT2D eigenvalue weighted by molar-refractivity contribution is 0.102. The lowest BCUT2D eigenvalue weighted by Gasteiger charge is -2.36. The summed E-state index contributed by atoms with van der Waals surface area (Å²) in [5.41, 5.74) is 5.55. The molecule has 1 aliphatic heterocycles. The number of hydrogen-bond acceptors (Lipinski definition) is 9. The lowest BCUT2D eigenvalue weighted by Crippen LogP contribution is -2.48. The van der Waals surface area contributed by atoms with E-state index >= 15 is 0 Å². The standard InChI is InChI=1S/C34H44N8O3/c1-23-19-24(20-30(36-23)28-22-35-12-11-32(28)45-4)33(44)38-34-37-29-10-7-26(41-17-15-40(16-18-41)14-13-39(2)3)21-31(29)42(34)25-5-8-27(43)9-6-25/h7,10-12,19-22,25,27,43H,5-6,8-9,13-18H2,1-4H3,(H,37,38,44)/t25-,27+. The van der Waals surface area contributed by atoms with Crippen molar-refractivity contribution in [3.05, 3.63) is 60.0 Å². The highest BCUT2D eigenvalue weighted by Crippen LogP contribution is 2.36. The lowest BCUT2D eigenvalue weighted by atomic mass is 9.93. The molecular formula is C34H44N8O3. The van der Waals surface area contributed by atoms with Crippen molar-refractivity contribution in [1.82, 2.24) is 29.3 Å². The number of rotatable bonds is 9. The molecule has 1 aromatic carbocycles. The van der Waals surface area contributed by atoms with Gasteiger partial charge in [0.25, 0.3) is 5.91 Å². The van der Waals surface area contributed by atoms with Crippen molar-refractivity contribution in [1.29, 1.82) is 0 Å². The highest BCUT2D eigenvalue weighted by molar-refractivity contribution is 6.05. The average molecular weight is 613 g/mol. The number of aliphatic hydroxyl groups is 1. The molecule has 2 aliphatic rings. The van der Waals surface area contributed by atoms with Gasteiger partial charge in [-0.3, -0.25) is 25.0 Å². The van der Waals surface area contributed by atoms with Crippen molar-refractivity contribution < 1.29 is 14.6 Å². The van der Waals surface area contributed by atoms with Crippen LogP contribution in [0, 0.1) is 6.92 Å². The Morgan fingerprint density at radius 2 is 1.82 bits per heavy atom. The van der Waals surface area contributed by atoms with Gasteiger partial charge in [-0.1, -0.05) is 0 Å². The van der Waals surface area contributed by atoms with E-state index in [9.17, 15) is 9.90 Å². The zero-order valence-electron chi connectivity index (χ0n) is 26.7. The number of likely N-dealkylation sites (N-methyl/N-ethyl adjacent to an activating group) is 1. The number of amides is 1. The second-order valence-corrected chi connectivity index (χ2v) is 12.5. The molecule has 0 atom stereocenters. The number of nitrogens with zero attached hydrogens (tertiary/aromatic N) is 7. The monoisotopic (exact) mass is 612 g/mol. The summed E-state index contributed by atoms with van der Waals surface area (Å²) in [6.07, 6.45) is 6.18. The van der Waals surface area contributed by atoms with Crippen LogP contribution in [0.1, 0.15) is 47.8 Å². The number of anilines is 2. The fourth-order valence-corrected chi connectivity index (χ4v) is 6.49. The third-order valence-electron chi connectivity index (χ3n) is 9.02. The number of hydrogen-bond donors (Lipinski definition) is 2. The molecule has 2 N–H and O–H groups in total. The summed E-state index contributed by atoms with van der Waals surface area (Å²) in [7, 11) is 5.84. The normalized spacial score (nSPS) is 19.3. The molecule has 4 aromatic rings. The number of fused-ring (bicyclic) bond motifs is 1. The van der Waals surface area contributed by atoms with Crippen LogP contribution in [0.2, 0.25) is 0 Å². The van der Waals surface area contributed by atoms with Crippen LogP contribution in [0.3, 0.4) is 0 Å². The predicted molar refractivity (Wildman–Crippen MR) is 177 cm³/mol. The SMILES string of the molecule is COc1ccncc1-c1cc(C(=O)Nc2nc3ccc(N4CCN(CCN(C)C)CC4)cc3n2[C@H]2CC[C@@H](O)CC2)cc(C)n1. The number of piperazine rings is 1. The van der Waals surface area contributed by atoms with Crippen LogP contribution >= 0.6 is 0 Å². The first-order valence-electron chi connectivity index (χ1n) is 15.9. The Labute approximate surface area is 264 Å². The molecule has 45 heavy (non-hydrogen) atoms. The van der Waals surface area contributed by atoms with Gasteiger partial charge in [-0.25, -0.2) is 4.98 Å². The maximum Gasteiger partial charge on any atom is 0.258 e.